The van der Waals surface area contributed by atoms with Crippen molar-refractivity contribution in [2.24, 2.45) is 0 Å². The average molecular weight is 418 g/mol. The molecule has 0 aliphatic heterocycles. The maximum absolute atomic E-state index is 14.4. The molecule has 0 atom stereocenters. The number of rotatable bonds is 6. The molecule has 0 saturated carbocycles. The third kappa shape index (κ3) is 4.24. The van der Waals surface area contributed by atoms with E-state index in [1.54, 1.807) is 24.3 Å². The van der Waals surface area contributed by atoms with E-state index in [2.05, 4.69) is 10.2 Å². The van der Waals surface area contributed by atoms with Gasteiger partial charge in [-0.05, 0) is 35.4 Å². The molecule has 4 aromatic rings. The van der Waals surface area contributed by atoms with E-state index in [0.717, 1.165) is 5.56 Å². The second-order valence-corrected chi connectivity index (χ2v) is 7.50. The van der Waals surface area contributed by atoms with Crippen LogP contribution in [-0.2, 0) is 12.3 Å². The standard InChI is InChI=1S/C23H16F2N4S/c24-19-11-10-17(18(12-19)13-26)15-30-23-28-27-22(20-8-4-5-9-21(20)25)29(23)14-16-6-2-1-3-7-16/h1-12H,14-15H2. The van der Waals surface area contributed by atoms with Crippen molar-refractivity contribution in [3.05, 3.63) is 101 Å². The zero-order chi connectivity index (χ0) is 20.9. The molecule has 0 saturated heterocycles. The average Bonchev–Trinajstić information content (AvgIpc) is 3.16. The van der Waals surface area contributed by atoms with Gasteiger partial charge in [-0.25, -0.2) is 8.78 Å². The fraction of sp³-hybridized carbons (Fsp3) is 0.0870. The van der Waals surface area contributed by atoms with Crippen LogP contribution in [0, 0.1) is 23.0 Å². The first kappa shape index (κ1) is 19.8. The van der Waals surface area contributed by atoms with E-state index in [1.165, 1.54) is 30.0 Å². The van der Waals surface area contributed by atoms with Crippen LogP contribution < -0.4 is 0 Å². The van der Waals surface area contributed by atoms with E-state index < -0.39 is 5.82 Å². The summed E-state index contributed by atoms with van der Waals surface area (Å²) in [5.74, 6) is 0.0161. The number of hydrogen-bond acceptors (Lipinski definition) is 4. The van der Waals surface area contributed by atoms with E-state index in [0.29, 0.717) is 34.4 Å². The highest BCUT2D eigenvalue weighted by atomic mass is 32.2. The van der Waals surface area contributed by atoms with E-state index >= 15 is 0 Å². The summed E-state index contributed by atoms with van der Waals surface area (Å²) in [5, 5.41) is 18.4. The lowest BCUT2D eigenvalue weighted by Gasteiger charge is -2.11. The second-order valence-electron chi connectivity index (χ2n) is 6.56. The Hall–Kier alpha value is -3.50. The molecule has 7 heteroatoms. The molecule has 3 aromatic carbocycles. The lowest BCUT2D eigenvalue weighted by molar-refractivity contribution is 0.626. The van der Waals surface area contributed by atoms with Crippen LogP contribution in [0.2, 0.25) is 0 Å². The minimum Gasteiger partial charge on any atom is -0.297 e. The van der Waals surface area contributed by atoms with Gasteiger partial charge in [-0.15, -0.1) is 10.2 Å². The molecular formula is C23H16F2N4S. The molecule has 0 unspecified atom stereocenters. The highest BCUT2D eigenvalue weighted by molar-refractivity contribution is 7.98. The third-order valence-electron chi connectivity index (χ3n) is 4.56. The number of aromatic nitrogens is 3. The first-order valence-corrected chi connectivity index (χ1v) is 10.2. The van der Waals surface area contributed by atoms with Crippen molar-refractivity contribution in [3.8, 4) is 17.5 Å². The van der Waals surface area contributed by atoms with Crippen LogP contribution >= 0.6 is 11.8 Å². The molecule has 0 spiro atoms. The first-order valence-electron chi connectivity index (χ1n) is 9.19. The van der Waals surface area contributed by atoms with Crippen molar-refractivity contribution in [2.75, 3.05) is 0 Å². The predicted octanol–water partition coefficient (Wildman–Crippen LogP) is 5.44. The molecule has 0 amide bonds. The Bertz CT molecular complexity index is 1220. The van der Waals surface area contributed by atoms with Gasteiger partial charge in [0.05, 0.1) is 23.7 Å². The Kier molecular flexibility index (Phi) is 5.87. The van der Waals surface area contributed by atoms with Crippen LogP contribution in [0.4, 0.5) is 8.78 Å². The monoisotopic (exact) mass is 418 g/mol. The van der Waals surface area contributed by atoms with Crippen LogP contribution in [0.25, 0.3) is 11.4 Å². The fourth-order valence-electron chi connectivity index (χ4n) is 3.07. The Morgan fingerprint density at radius 1 is 0.933 bits per heavy atom. The minimum atomic E-state index is -0.450. The molecule has 30 heavy (non-hydrogen) atoms. The molecule has 0 radical (unpaired) electrons. The fourth-order valence-corrected chi connectivity index (χ4v) is 4.01. The molecule has 1 aromatic heterocycles. The SMILES string of the molecule is N#Cc1cc(F)ccc1CSc1nnc(-c2ccccc2F)n1Cc1ccccc1. The Morgan fingerprint density at radius 3 is 2.47 bits per heavy atom. The van der Waals surface area contributed by atoms with Gasteiger partial charge in [0.25, 0.3) is 0 Å². The largest absolute Gasteiger partial charge is 0.297 e. The summed E-state index contributed by atoms with van der Waals surface area (Å²) in [6.07, 6.45) is 0. The van der Waals surface area contributed by atoms with Gasteiger partial charge in [-0.1, -0.05) is 60.3 Å². The van der Waals surface area contributed by atoms with Crippen molar-refractivity contribution in [1.82, 2.24) is 14.8 Å². The number of hydrogen-bond donors (Lipinski definition) is 0. The van der Waals surface area contributed by atoms with Crippen molar-refractivity contribution in [2.45, 2.75) is 17.5 Å². The summed E-state index contributed by atoms with van der Waals surface area (Å²) in [6, 6.07) is 22.4. The van der Waals surface area contributed by atoms with E-state index in [1.807, 2.05) is 41.0 Å². The Balaban J connectivity index is 1.69. The van der Waals surface area contributed by atoms with Crippen molar-refractivity contribution >= 4 is 11.8 Å². The third-order valence-corrected chi connectivity index (χ3v) is 5.58. The molecule has 0 N–H and O–H groups in total. The lowest BCUT2D eigenvalue weighted by Crippen LogP contribution is -2.05. The second kappa shape index (κ2) is 8.89. The molecule has 0 fully saturated rings. The molecule has 148 valence electrons. The number of thioether (sulfide) groups is 1. The number of benzene rings is 3. The summed E-state index contributed by atoms with van der Waals surface area (Å²) < 4.78 is 29.7. The van der Waals surface area contributed by atoms with Gasteiger partial charge >= 0.3 is 0 Å². The zero-order valence-corrected chi connectivity index (χ0v) is 16.6. The van der Waals surface area contributed by atoms with Gasteiger partial charge in [0.15, 0.2) is 11.0 Å². The molecule has 4 nitrogen and oxygen atoms in total. The van der Waals surface area contributed by atoms with Crippen molar-refractivity contribution in [1.29, 1.82) is 5.26 Å². The lowest BCUT2D eigenvalue weighted by atomic mass is 10.1. The van der Waals surface area contributed by atoms with Crippen LogP contribution in [0.3, 0.4) is 0 Å². The highest BCUT2D eigenvalue weighted by Gasteiger charge is 2.18. The summed E-state index contributed by atoms with van der Waals surface area (Å²) in [7, 11) is 0. The summed E-state index contributed by atoms with van der Waals surface area (Å²) in [5.41, 5.74) is 2.38. The van der Waals surface area contributed by atoms with Crippen molar-refractivity contribution < 1.29 is 8.78 Å². The van der Waals surface area contributed by atoms with E-state index in [9.17, 15) is 14.0 Å². The molecule has 1 heterocycles. The van der Waals surface area contributed by atoms with Crippen molar-refractivity contribution in [3.63, 3.8) is 0 Å². The van der Waals surface area contributed by atoms with Crippen LogP contribution in [0.5, 0.6) is 0 Å². The normalized spacial score (nSPS) is 10.7. The summed E-state index contributed by atoms with van der Waals surface area (Å²) in [6.45, 7) is 0.467. The van der Waals surface area contributed by atoms with Gasteiger partial charge in [-0.2, -0.15) is 5.26 Å². The van der Waals surface area contributed by atoms with Crippen LogP contribution in [-0.4, -0.2) is 14.8 Å². The molecule has 0 aliphatic rings. The van der Waals surface area contributed by atoms with Gasteiger partial charge < -0.3 is 0 Å². The number of nitriles is 1. The predicted molar refractivity (Wildman–Crippen MR) is 112 cm³/mol. The maximum Gasteiger partial charge on any atom is 0.192 e. The maximum atomic E-state index is 14.4. The molecule has 4 rings (SSSR count). The minimum absolute atomic E-state index is 0.283. The zero-order valence-electron chi connectivity index (χ0n) is 15.8. The molecular weight excluding hydrogens is 402 g/mol. The Morgan fingerprint density at radius 2 is 1.70 bits per heavy atom. The van der Waals surface area contributed by atoms with Gasteiger partial charge in [0.2, 0.25) is 0 Å². The van der Waals surface area contributed by atoms with Gasteiger partial charge in [0.1, 0.15) is 11.6 Å². The summed E-state index contributed by atoms with van der Waals surface area (Å²) >= 11 is 1.37. The van der Waals surface area contributed by atoms with Crippen LogP contribution in [0.1, 0.15) is 16.7 Å². The number of nitrogens with zero attached hydrogens (tertiary/aromatic N) is 4. The van der Waals surface area contributed by atoms with E-state index in [-0.39, 0.29) is 11.4 Å². The molecule has 0 bridgehead atoms. The van der Waals surface area contributed by atoms with Gasteiger partial charge in [0, 0.05) is 5.75 Å². The number of halogens is 2. The summed E-state index contributed by atoms with van der Waals surface area (Å²) in [4.78, 5) is 0. The van der Waals surface area contributed by atoms with E-state index in [4.69, 9.17) is 0 Å². The molecule has 0 aliphatic carbocycles. The first-order chi connectivity index (χ1) is 14.7. The Labute approximate surface area is 176 Å². The quantitative estimate of drug-likeness (QED) is 0.392. The smallest absolute Gasteiger partial charge is 0.192 e. The van der Waals surface area contributed by atoms with Crippen LogP contribution in [0.15, 0.2) is 78.0 Å². The topological polar surface area (TPSA) is 54.5 Å². The van der Waals surface area contributed by atoms with Gasteiger partial charge in [-0.3, -0.25) is 4.57 Å². The highest BCUT2D eigenvalue weighted by Crippen LogP contribution is 2.29.